The van der Waals surface area contributed by atoms with Crippen molar-refractivity contribution in [3.05, 3.63) is 35.4 Å². The minimum absolute atomic E-state index is 0.0595. The van der Waals surface area contributed by atoms with Crippen molar-refractivity contribution in [3.63, 3.8) is 0 Å². The van der Waals surface area contributed by atoms with Gasteiger partial charge in [0.15, 0.2) is 0 Å². The topological polar surface area (TPSA) is 44.5 Å². The number of ether oxygens (including phenoxy) is 2. The Labute approximate surface area is 123 Å². The van der Waals surface area contributed by atoms with E-state index in [1.165, 1.54) is 12.0 Å². The van der Waals surface area contributed by atoms with Crippen LogP contribution in [0, 0.1) is 5.92 Å². The normalized spacial score (nSPS) is 12.8. The van der Waals surface area contributed by atoms with Crippen LogP contribution in [0.1, 0.15) is 44.4 Å². The Bertz CT molecular complexity index is 349. The zero-order valence-corrected chi connectivity index (χ0v) is 13.1. The van der Waals surface area contributed by atoms with Crippen LogP contribution in [0.25, 0.3) is 0 Å². The minimum Gasteiger partial charge on any atom is -0.379 e. The molecule has 0 aromatic heterocycles. The van der Waals surface area contributed by atoms with Crippen LogP contribution in [-0.2, 0) is 15.9 Å². The molecule has 1 aromatic rings. The largest absolute Gasteiger partial charge is 0.379 e. The van der Waals surface area contributed by atoms with Crippen molar-refractivity contribution in [1.82, 2.24) is 0 Å². The number of rotatable bonds is 10. The fourth-order valence-corrected chi connectivity index (χ4v) is 1.96. The van der Waals surface area contributed by atoms with Gasteiger partial charge in [-0.2, -0.15) is 0 Å². The van der Waals surface area contributed by atoms with Crippen LogP contribution in [0.4, 0.5) is 0 Å². The van der Waals surface area contributed by atoms with Crippen LogP contribution in [0.15, 0.2) is 24.3 Å². The van der Waals surface area contributed by atoms with Crippen LogP contribution in [-0.4, -0.2) is 26.4 Å². The van der Waals surface area contributed by atoms with Gasteiger partial charge in [-0.3, -0.25) is 0 Å². The third-order valence-electron chi connectivity index (χ3n) is 3.07. The highest BCUT2D eigenvalue weighted by molar-refractivity contribution is 5.24. The van der Waals surface area contributed by atoms with Crippen LogP contribution in [0.2, 0.25) is 0 Å². The Morgan fingerprint density at radius 2 is 1.60 bits per heavy atom. The first kappa shape index (κ1) is 17.2. The standard InChI is InChI=1S/C17H29NO2/c1-4-5-15-6-8-16(9-7-15)17(18)13-20-11-10-19-12-14(2)3/h6-9,14,17H,4-5,10-13,18H2,1-3H3. The quantitative estimate of drug-likeness (QED) is 0.668. The second-order valence-corrected chi connectivity index (χ2v) is 5.64. The molecule has 0 aliphatic heterocycles. The average Bonchev–Trinajstić information content (AvgIpc) is 2.43. The highest BCUT2D eigenvalue weighted by Gasteiger charge is 2.06. The van der Waals surface area contributed by atoms with E-state index in [2.05, 4.69) is 45.0 Å². The van der Waals surface area contributed by atoms with Crippen LogP contribution >= 0.6 is 0 Å². The summed E-state index contributed by atoms with van der Waals surface area (Å²) in [5, 5.41) is 0. The Morgan fingerprint density at radius 1 is 1.00 bits per heavy atom. The van der Waals surface area contributed by atoms with Gasteiger partial charge in [-0.05, 0) is 23.5 Å². The smallest absolute Gasteiger partial charge is 0.0701 e. The molecule has 1 rings (SSSR count). The molecule has 0 spiro atoms. The van der Waals surface area contributed by atoms with Gasteiger partial charge in [0.2, 0.25) is 0 Å². The summed E-state index contributed by atoms with van der Waals surface area (Å²) in [7, 11) is 0. The van der Waals surface area contributed by atoms with Gasteiger partial charge in [0.05, 0.1) is 25.9 Å². The van der Waals surface area contributed by atoms with Crippen molar-refractivity contribution in [2.24, 2.45) is 11.7 Å². The van der Waals surface area contributed by atoms with Crippen LogP contribution in [0.3, 0.4) is 0 Å². The molecule has 0 saturated heterocycles. The molecule has 0 heterocycles. The van der Waals surface area contributed by atoms with E-state index in [9.17, 15) is 0 Å². The summed E-state index contributed by atoms with van der Waals surface area (Å²) >= 11 is 0. The van der Waals surface area contributed by atoms with Crippen molar-refractivity contribution in [2.75, 3.05) is 26.4 Å². The SMILES string of the molecule is CCCc1ccc(C(N)COCCOCC(C)C)cc1. The number of hydrogen-bond acceptors (Lipinski definition) is 3. The van der Waals surface area contributed by atoms with Gasteiger partial charge in [0.25, 0.3) is 0 Å². The van der Waals surface area contributed by atoms with Gasteiger partial charge in [0.1, 0.15) is 0 Å². The van der Waals surface area contributed by atoms with Gasteiger partial charge in [-0.1, -0.05) is 51.5 Å². The third-order valence-corrected chi connectivity index (χ3v) is 3.07. The molecular formula is C17H29NO2. The van der Waals surface area contributed by atoms with E-state index in [1.807, 2.05) is 0 Å². The van der Waals surface area contributed by atoms with Gasteiger partial charge in [-0.15, -0.1) is 0 Å². The highest BCUT2D eigenvalue weighted by atomic mass is 16.5. The maximum atomic E-state index is 6.12. The Morgan fingerprint density at radius 3 is 2.15 bits per heavy atom. The maximum absolute atomic E-state index is 6.12. The van der Waals surface area contributed by atoms with Crippen LogP contribution in [0.5, 0.6) is 0 Å². The fraction of sp³-hybridized carbons (Fsp3) is 0.647. The summed E-state index contributed by atoms with van der Waals surface area (Å²) in [5.41, 5.74) is 8.62. The monoisotopic (exact) mass is 279 g/mol. The number of nitrogens with two attached hydrogens (primary N) is 1. The lowest BCUT2D eigenvalue weighted by atomic mass is 10.0. The highest BCUT2D eigenvalue weighted by Crippen LogP contribution is 2.13. The molecule has 0 radical (unpaired) electrons. The molecule has 1 aromatic carbocycles. The van der Waals surface area contributed by atoms with Crippen molar-refractivity contribution < 1.29 is 9.47 Å². The van der Waals surface area contributed by atoms with Gasteiger partial charge >= 0.3 is 0 Å². The van der Waals surface area contributed by atoms with Crippen molar-refractivity contribution >= 4 is 0 Å². The summed E-state index contributed by atoms with van der Waals surface area (Å²) in [4.78, 5) is 0. The van der Waals surface area contributed by atoms with Crippen molar-refractivity contribution in [1.29, 1.82) is 0 Å². The number of benzene rings is 1. The van der Waals surface area contributed by atoms with E-state index in [-0.39, 0.29) is 6.04 Å². The molecule has 1 atom stereocenters. The molecule has 0 aliphatic rings. The molecule has 2 N–H and O–H groups in total. The third kappa shape index (κ3) is 7.04. The van der Waals surface area contributed by atoms with E-state index in [0.29, 0.717) is 25.7 Å². The van der Waals surface area contributed by atoms with E-state index in [0.717, 1.165) is 18.6 Å². The molecule has 0 aliphatic carbocycles. The minimum atomic E-state index is -0.0595. The molecule has 0 amide bonds. The number of hydrogen-bond donors (Lipinski definition) is 1. The first-order valence-corrected chi connectivity index (χ1v) is 7.63. The van der Waals surface area contributed by atoms with Gasteiger partial charge in [0, 0.05) is 6.61 Å². The molecule has 3 heteroatoms. The zero-order valence-electron chi connectivity index (χ0n) is 13.1. The lowest BCUT2D eigenvalue weighted by Crippen LogP contribution is -2.19. The lowest BCUT2D eigenvalue weighted by Gasteiger charge is -2.13. The molecule has 20 heavy (non-hydrogen) atoms. The second-order valence-electron chi connectivity index (χ2n) is 5.64. The summed E-state index contributed by atoms with van der Waals surface area (Å²) in [5.74, 6) is 0.568. The van der Waals surface area contributed by atoms with Crippen LogP contribution < -0.4 is 5.73 Å². The predicted octanol–water partition coefficient (Wildman–Crippen LogP) is 3.33. The fourth-order valence-electron chi connectivity index (χ4n) is 1.96. The summed E-state index contributed by atoms with van der Waals surface area (Å²) < 4.78 is 11.0. The van der Waals surface area contributed by atoms with E-state index in [4.69, 9.17) is 15.2 Å². The first-order valence-electron chi connectivity index (χ1n) is 7.63. The molecule has 114 valence electrons. The van der Waals surface area contributed by atoms with E-state index in [1.54, 1.807) is 0 Å². The molecule has 0 fully saturated rings. The van der Waals surface area contributed by atoms with E-state index < -0.39 is 0 Å². The summed E-state index contributed by atoms with van der Waals surface area (Å²) in [6.07, 6.45) is 2.30. The van der Waals surface area contributed by atoms with Gasteiger partial charge in [-0.25, -0.2) is 0 Å². The Kier molecular flexibility index (Phi) is 8.51. The lowest BCUT2D eigenvalue weighted by molar-refractivity contribution is 0.0333. The molecule has 1 unspecified atom stereocenters. The van der Waals surface area contributed by atoms with Gasteiger partial charge < -0.3 is 15.2 Å². The first-order chi connectivity index (χ1) is 9.63. The predicted molar refractivity (Wildman–Crippen MR) is 83.8 cm³/mol. The Balaban J connectivity index is 2.20. The summed E-state index contributed by atoms with van der Waals surface area (Å²) in [6, 6.07) is 8.47. The average molecular weight is 279 g/mol. The summed E-state index contributed by atoms with van der Waals surface area (Å²) in [6.45, 7) is 9.04. The molecule has 3 nitrogen and oxygen atoms in total. The Hall–Kier alpha value is -0.900. The molecular weight excluding hydrogens is 250 g/mol. The second kappa shape index (κ2) is 9.92. The van der Waals surface area contributed by atoms with Crippen molar-refractivity contribution in [3.8, 4) is 0 Å². The van der Waals surface area contributed by atoms with Crippen molar-refractivity contribution in [2.45, 2.75) is 39.7 Å². The molecule has 0 saturated carbocycles. The zero-order chi connectivity index (χ0) is 14.8. The maximum Gasteiger partial charge on any atom is 0.0701 e. The van der Waals surface area contributed by atoms with E-state index >= 15 is 0 Å². The number of aryl methyl sites for hydroxylation is 1. The molecule has 0 bridgehead atoms.